The summed E-state index contributed by atoms with van der Waals surface area (Å²) in [6.07, 6.45) is 2.82. The molecule has 1 fully saturated rings. The zero-order chi connectivity index (χ0) is 11.9. The lowest BCUT2D eigenvalue weighted by Gasteiger charge is -2.29. The Kier molecular flexibility index (Phi) is 3.29. The molecule has 0 aromatic rings. The third-order valence-electron chi connectivity index (χ3n) is 3.11. The van der Waals surface area contributed by atoms with E-state index in [9.17, 15) is 8.42 Å². The number of hydrogen-bond donors (Lipinski definition) is 0. The molecule has 0 spiro atoms. The molecule has 0 bridgehead atoms. The van der Waals surface area contributed by atoms with Gasteiger partial charge in [0, 0.05) is 5.71 Å². The van der Waals surface area contributed by atoms with Gasteiger partial charge < -0.3 is 0 Å². The highest BCUT2D eigenvalue weighted by atomic mass is 32.2. The molecule has 0 amide bonds. The summed E-state index contributed by atoms with van der Waals surface area (Å²) < 4.78 is 25.9. The Labute approximate surface area is 93.0 Å². The van der Waals surface area contributed by atoms with Crippen LogP contribution in [0.4, 0.5) is 0 Å². The van der Waals surface area contributed by atoms with Crippen molar-refractivity contribution in [2.45, 2.75) is 40.5 Å². The van der Waals surface area contributed by atoms with Crippen molar-refractivity contribution in [1.82, 2.24) is 0 Å². The van der Waals surface area contributed by atoms with Crippen LogP contribution in [0.3, 0.4) is 0 Å². The van der Waals surface area contributed by atoms with Crippen LogP contribution in [0.1, 0.15) is 40.5 Å². The van der Waals surface area contributed by atoms with Gasteiger partial charge in [-0.25, -0.2) is 8.42 Å². The predicted octanol–water partition coefficient (Wildman–Crippen LogP) is 2.48. The van der Waals surface area contributed by atoms with Gasteiger partial charge in [-0.2, -0.15) is 4.40 Å². The van der Waals surface area contributed by atoms with Crippen LogP contribution in [0.2, 0.25) is 0 Å². The van der Waals surface area contributed by atoms with Crippen LogP contribution in [0.25, 0.3) is 0 Å². The molecule has 2 atom stereocenters. The second-order valence-electron chi connectivity index (χ2n) is 5.75. The quantitative estimate of drug-likeness (QED) is 0.696. The van der Waals surface area contributed by atoms with Crippen molar-refractivity contribution in [2.75, 3.05) is 6.26 Å². The molecule has 2 unspecified atom stereocenters. The Balaban J connectivity index is 2.86. The van der Waals surface area contributed by atoms with Crippen molar-refractivity contribution in [3.05, 3.63) is 0 Å². The highest BCUT2D eigenvalue weighted by Gasteiger charge is 2.36. The Bertz CT molecular complexity index is 363. The Hall–Kier alpha value is -0.380. The van der Waals surface area contributed by atoms with Crippen molar-refractivity contribution in [3.63, 3.8) is 0 Å². The van der Waals surface area contributed by atoms with Gasteiger partial charge in [0.2, 0.25) is 10.0 Å². The molecule has 1 aliphatic rings. The predicted molar refractivity (Wildman–Crippen MR) is 63.6 cm³/mol. The zero-order valence-electron chi connectivity index (χ0n) is 10.2. The second kappa shape index (κ2) is 3.89. The molecule has 1 rings (SSSR count). The molecular formula is C11H21NO2S. The maximum absolute atomic E-state index is 11.1. The summed E-state index contributed by atoms with van der Waals surface area (Å²) in [5, 5.41) is 0. The smallest absolute Gasteiger partial charge is 0.205 e. The third-order valence-corrected chi connectivity index (χ3v) is 3.70. The SMILES string of the molecule is CC1CC(=NS(C)(=O)=O)CC1C(C)(C)C. The van der Waals surface area contributed by atoms with Crippen LogP contribution < -0.4 is 0 Å². The van der Waals surface area contributed by atoms with Crippen LogP contribution in [0.15, 0.2) is 4.40 Å². The number of rotatable bonds is 1. The van der Waals surface area contributed by atoms with Crippen LogP contribution in [-0.2, 0) is 10.0 Å². The van der Waals surface area contributed by atoms with Gasteiger partial charge in [-0.3, -0.25) is 0 Å². The highest BCUT2D eigenvalue weighted by Crippen LogP contribution is 2.42. The van der Waals surface area contributed by atoms with Crippen LogP contribution >= 0.6 is 0 Å². The molecule has 0 N–H and O–H groups in total. The minimum atomic E-state index is -3.21. The Morgan fingerprint density at radius 3 is 2.13 bits per heavy atom. The number of hydrogen-bond acceptors (Lipinski definition) is 2. The third kappa shape index (κ3) is 3.59. The van der Waals surface area contributed by atoms with Crippen molar-refractivity contribution in [2.24, 2.45) is 21.6 Å². The normalized spacial score (nSPS) is 31.1. The Morgan fingerprint density at radius 2 is 1.80 bits per heavy atom. The lowest BCUT2D eigenvalue weighted by atomic mass is 9.75. The van der Waals surface area contributed by atoms with E-state index in [1.54, 1.807) is 0 Å². The summed E-state index contributed by atoms with van der Waals surface area (Å²) in [5.41, 5.74) is 1.08. The van der Waals surface area contributed by atoms with Gasteiger partial charge in [-0.05, 0) is 30.1 Å². The van der Waals surface area contributed by atoms with Gasteiger partial charge in [0.1, 0.15) is 0 Å². The maximum Gasteiger partial charge on any atom is 0.250 e. The molecule has 3 nitrogen and oxygen atoms in total. The summed E-state index contributed by atoms with van der Waals surface area (Å²) in [6, 6.07) is 0. The number of nitrogens with zero attached hydrogens (tertiary/aromatic N) is 1. The molecule has 1 aliphatic carbocycles. The van der Waals surface area contributed by atoms with E-state index in [1.807, 2.05) is 0 Å². The fraction of sp³-hybridized carbons (Fsp3) is 0.909. The molecule has 0 heterocycles. The second-order valence-corrected chi connectivity index (χ2v) is 7.40. The van der Waals surface area contributed by atoms with Gasteiger partial charge in [0.15, 0.2) is 0 Å². The average molecular weight is 231 g/mol. The van der Waals surface area contributed by atoms with E-state index in [2.05, 4.69) is 32.1 Å². The molecule has 1 saturated carbocycles. The summed E-state index contributed by atoms with van der Waals surface area (Å²) in [5.74, 6) is 1.07. The zero-order valence-corrected chi connectivity index (χ0v) is 11.1. The largest absolute Gasteiger partial charge is 0.250 e. The van der Waals surface area contributed by atoms with Gasteiger partial charge in [0.25, 0.3) is 0 Å². The lowest BCUT2D eigenvalue weighted by molar-refractivity contribution is 0.198. The first-order valence-corrected chi connectivity index (χ1v) is 7.22. The first kappa shape index (κ1) is 12.7. The van der Waals surface area contributed by atoms with E-state index in [-0.39, 0.29) is 5.41 Å². The van der Waals surface area contributed by atoms with Gasteiger partial charge in [-0.15, -0.1) is 0 Å². The van der Waals surface area contributed by atoms with E-state index in [4.69, 9.17) is 0 Å². The molecule has 0 saturated heterocycles. The Morgan fingerprint density at radius 1 is 1.27 bits per heavy atom. The maximum atomic E-state index is 11.1. The fourth-order valence-electron chi connectivity index (χ4n) is 2.52. The molecule has 15 heavy (non-hydrogen) atoms. The molecule has 0 radical (unpaired) electrons. The van der Waals surface area contributed by atoms with Crippen molar-refractivity contribution in [3.8, 4) is 0 Å². The standard InChI is InChI=1S/C11H21NO2S/c1-8-6-9(12-15(5,13)14)7-10(8)11(2,3)4/h8,10H,6-7H2,1-5H3. The topological polar surface area (TPSA) is 46.5 Å². The molecular weight excluding hydrogens is 210 g/mol. The molecule has 4 heteroatoms. The van der Waals surface area contributed by atoms with Crippen LogP contribution in [-0.4, -0.2) is 20.4 Å². The van der Waals surface area contributed by atoms with E-state index < -0.39 is 10.0 Å². The van der Waals surface area contributed by atoms with E-state index >= 15 is 0 Å². The monoisotopic (exact) mass is 231 g/mol. The lowest BCUT2D eigenvalue weighted by Crippen LogP contribution is -2.22. The highest BCUT2D eigenvalue weighted by molar-refractivity contribution is 7.89. The van der Waals surface area contributed by atoms with E-state index in [0.29, 0.717) is 11.8 Å². The first-order chi connectivity index (χ1) is 6.59. The molecule has 0 aromatic carbocycles. The van der Waals surface area contributed by atoms with E-state index in [0.717, 1.165) is 24.8 Å². The van der Waals surface area contributed by atoms with Crippen molar-refractivity contribution >= 4 is 15.7 Å². The van der Waals surface area contributed by atoms with Crippen LogP contribution in [0.5, 0.6) is 0 Å². The number of sulfonamides is 1. The summed E-state index contributed by atoms with van der Waals surface area (Å²) >= 11 is 0. The molecule has 0 aromatic heterocycles. The minimum Gasteiger partial charge on any atom is -0.205 e. The minimum absolute atomic E-state index is 0.230. The van der Waals surface area contributed by atoms with Crippen molar-refractivity contribution < 1.29 is 8.42 Å². The molecule has 0 aliphatic heterocycles. The van der Waals surface area contributed by atoms with Gasteiger partial charge in [0.05, 0.1) is 6.26 Å². The first-order valence-electron chi connectivity index (χ1n) is 5.37. The van der Waals surface area contributed by atoms with Crippen LogP contribution in [0, 0.1) is 17.3 Å². The molecule has 88 valence electrons. The van der Waals surface area contributed by atoms with Gasteiger partial charge >= 0.3 is 0 Å². The van der Waals surface area contributed by atoms with E-state index in [1.165, 1.54) is 0 Å². The van der Waals surface area contributed by atoms with Crippen molar-refractivity contribution in [1.29, 1.82) is 0 Å². The average Bonchev–Trinajstić information content (AvgIpc) is 2.25. The summed E-state index contributed by atoms with van der Waals surface area (Å²) in [6.45, 7) is 8.80. The summed E-state index contributed by atoms with van der Waals surface area (Å²) in [7, 11) is -3.21. The van der Waals surface area contributed by atoms with Gasteiger partial charge in [-0.1, -0.05) is 27.7 Å². The summed E-state index contributed by atoms with van der Waals surface area (Å²) in [4.78, 5) is 0. The fourth-order valence-corrected chi connectivity index (χ4v) is 3.14.